The summed E-state index contributed by atoms with van der Waals surface area (Å²) in [5.74, 6) is 1.19. The van der Waals surface area contributed by atoms with Gasteiger partial charge in [-0.1, -0.05) is 32.0 Å². The van der Waals surface area contributed by atoms with E-state index in [1.165, 1.54) is 0 Å². The second-order valence-corrected chi connectivity index (χ2v) is 4.86. The Balaban J connectivity index is 1.96. The summed E-state index contributed by atoms with van der Waals surface area (Å²) in [6, 6.07) is 7.75. The van der Waals surface area contributed by atoms with Gasteiger partial charge in [-0.05, 0) is 12.0 Å². The number of alkyl carbamates (subject to hydrolysis) is 1. The summed E-state index contributed by atoms with van der Waals surface area (Å²) >= 11 is 0. The molecule has 0 aromatic heterocycles. The number of fused-ring (bicyclic) bond motifs is 1. The Hall–Kier alpha value is -1.71. The van der Waals surface area contributed by atoms with Gasteiger partial charge in [0.1, 0.15) is 5.75 Å². The van der Waals surface area contributed by atoms with E-state index >= 15 is 0 Å². The molecule has 1 aromatic carbocycles. The van der Waals surface area contributed by atoms with Gasteiger partial charge in [0, 0.05) is 12.0 Å². The van der Waals surface area contributed by atoms with E-state index in [1.807, 2.05) is 38.1 Å². The monoisotopic (exact) mass is 249 g/mol. The molecule has 0 spiro atoms. The Kier molecular flexibility index (Phi) is 4.07. The van der Waals surface area contributed by atoms with E-state index in [2.05, 4.69) is 5.32 Å². The van der Waals surface area contributed by atoms with Gasteiger partial charge in [-0.25, -0.2) is 4.79 Å². The highest BCUT2D eigenvalue weighted by atomic mass is 16.5. The Morgan fingerprint density at radius 3 is 3.06 bits per heavy atom. The van der Waals surface area contributed by atoms with Crippen LogP contribution in [0, 0.1) is 5.92 Å². The van der Waals surface area contributed by atoms with Gasteiger partial charge < -0.3 is 14.8 Å². The van der Waals surface area contributed by atoms with Crippen molar-refractivity contribution < 1.29 is 14.3 Å². The minimum absolute atomic E-state index is 0.0189. The lowest BCUT2D eigenvalue weighted by molar-refractivity contribution is 0.126. The van der Waals surface area contributed by atoms with Crippen LogP contribution in [0.3, 0.4) is 0 Å². The third kappa shape index (κ3) is 3.15. The third-order valence-electron chi connectivity index (χ3n) is 2.80. The maximum absolute atomic E-state index is 11.7. The van der Waals surface area contributed by atoms with Crippen molar-refractivity contribution in [1.29, 1.82) is 0 Å². The molecule has 1 atom stereocenters. The molecule has 0 bridgehead atoms. The summed E-state index contributed by atoms with van der Waals surface area (Å²) in [4.78, 5) is 11.7. The molecule has 4 heteroatoms. The molecule has 1 heterocycles. The Morgan fingerprint density at radius 1 is 1.50 bits per heavy atom. The van der Waals surface area contributed by atoms with Gasteiger partial charge in [0.15, 0.2) is 0 Å². The summed E-state index contributed by atoms with van der Waals surface area (Å²) < 4.78 is 10.7. The lowest BCUT2D eigenvalue weighted by atomic mass is 10.0. The normalized spacial score (nSPS) is 17.8. The maximum atomic E-state index is 11.7. The number of carbonyl (C=O) groups excluding carboxylic acids is 1. The Bertz CT molecular complexity index is 417. The van der Waals surface area contributed by atoms with Gasteiger partial charge in [0.2, 0.25) is 0 Å². The molecule has 2 rings (SSSR count). The molecule has 0 fully saturated rings. The summed E-state index contributed by atoms with van der Waals surface area (Å²) in [6.07, 6.45) is 0.416. The average Bonchev–Trinajstić information content (AvgIpc) is 2.37. The van der Waals surface area contributed by atoms with Crippen LogP contribution < -0.4 is 10.1 Å². The van der Waals surface area contributed by atoms with E-state index in [4.69, 9.17) is 9.47 Å². The molecule has 1 aromatic rings. The first-order valence-corrected chi connectivity index (χ1v) is 6.32. The van der Waals surface area contributed by atoms with Crippen LogP contribution in [0.4, 0.5) is 4.79 Å². The number of carbonyl (C=O) groups is 1. The third-order valence-corrected chi connectivity index (χ3v) is 2.80. The molecular formula is C14H19NO3. The van der Waals surface area contributed by atoms with Crippen molar-refractivity contribution in [3.63, 3.8) is 0 Å². The molecule has 18 heavy (non-hydrogen) atoms. The minimum atomic E-state index is -0.356. The number of ether oxygens (including phenoxy) is 2. The van der Waals surface area contributed by atoms with Gasteiger partial charge in [0.25, 0.3) is 0 Å². The highest BCUT2D eigenvalue weighted by Gasteiger charge is 2.23. The number of hydrogen-bond donors (Lipinski definition) is 1. The second kappa shape index (κ2) is 5.76. The zero-order valence-electron chi connectivity index (χ0n) is 10.8. The van der Waals surface area contributed by atoms with Crippen molar-refractivity contribution in [2.75, 3.05) is 13.2 Å². The lowest BCUT2D eigenvalue weighted by Crippen LogP contribution is -2.33. The predicted octanol–water partition coefficient (Wildman–Crippen LogP) is 2.89. The lowest BCUT2D eigenvalue weighted by Gasteiger charge is -2.26. The minimum Gasteiger partial charge on any atom is -0.493 e. The van der Waals surface area contributed by atoms with Crippen molar-refractivity contribution in [2.45, 2.75) is 26.3 Å². The zero-order valence-corrected chi connectivity index (χ0v) is 10.8. The highest BCUT2D eigenvalue weighted by Crippen LogP contribution is 2.31. The van der Waals surface area contributed by atoms with E-state index in [0.717, 1.165) is 17.7 Å². The van der Waals surface area contributed by atoms with Crippen LogP contribution in [0.15, 0.2) is 24.3 Å². The van der Waals surface area contributed by atoms with E-state index < -0.39 is 0 Å². The summed E-state index contributed by atoms with van der Waals surface area (Å²) in [7, 11) is 0. The molecular weight excluding hydrogens is 230 g/mol. The van der Waals surface area contributed by atoms with E-state index in [9.17, 15) is 4.79 Å². The first-order chi connectivity index (χ1) is 8.66. The maximum Gasteiger partial charge on any atom is 0.407 e. The van der Waals surface area contributed by atoms with Crippen LogP contribution in [0.2, 0.25) is 0 Å². The van der Waals surface area contributed by atoms with Crippen LogP contribution in [0.1, 0.15) is 31.9 Å². The molecule has 4 nitrogen and oxygen atoms in total. The summed E-state index contributed by atoms with van der Waals surface area (Å²) in [5, 5.41) is 2.89. The molecule has 0 saturated heterocycles. The van der Waals surface area contributed by atoms with E-state index in [1.54, 1.807) is 0 Å². The number of para-hydroxylation sites is 1. The zero-order chi connectivity index (χ0) is 13.0. The predicted molar refractivity (Wildman–Crippen MR) is 68.6 cm³/mol. The number of benzene rings is 1. The van der Waals surface area contributed by atoms with Gasteiger partial charge in [-0.2, -0.15) is 0 Å². The summed E-state index contributed by atoms with van der Waals surface area (Å²) in [5.41, 5.74) is 1.02. The van der Waals surface area contributed by atoms with Gasteiger partial charge in [0.05, 0.1) is 19.3 Å². The second-order valence-electron chi connectivity index (χ2n) is 4.86. The van der Waals surface area contributed by atoms with E-state index in [0.29, 0.717) is 19.1 Å². The van der Waals surface area contributed by atoms with Crippen LogP contribution in [-0.2, 0) is 4.74 Å². The first kappa shape index (κ1) is 12.7. The average molecular weight is 249 g/mol. The number of rotatable bonds is 3. The fraction of sp³-hybridized carbons (Fsp3) is 0.500. The topological polar surface area (TPSA) is 47.6 Å². The molecule has 98 valence electrons. The van der Waals surface area contributed by atoms with Gasteiger partial charge in [-0.3, -0.25) is 0 Å². The molecule has 0 aliphatic carbocycles. The standard InChI is InChI=1S/C14H19NO3/c1-10(2)9-18-14(16)15-12-7-8-17-13-6-4-3-5-11(12)13/h3-6,10,12H,7-9H2,1-2H3,(H,15,16). The molecule has 0 saturated carbocycles. The van der Waals surface area contributed by atoms with Crippen molar-refractivity contribution in [3.05, 3.63) is 29.8 Å². The Labute approximate surface area is 107 Å². The molecule has 1 aliphatic rings. The summed E-state index contributed by atoms with van der Waals surface area (Å²) in [6.45, 7) is 5.08. The molecule has 1 unspecified atom stereocenters. The number of nitrogens with one attached hydrogen (secondary N) is 1. The van der Waals surface area contributed by atoms with Crippen LogP contribution in [0.25, 0.3) is 0 Å². The van der Waals surface area contributed by atoms with Crippen LogP contribution >= 0.6 is 0 Å². The van der Waals surface area contributed by atoms with E-state index in [-0.39, 0.29) is 12.1 Å². The molecule has 1 N–H and O–H groups in total. The Morgan fingerprint density at radius 2 is 2.28 bits per heavy atom. The first-order valence-electron chi connectivity index (χ1n) is 6.32. The van der Waals surface area contributed by atoms with Gasteiger partial charge >= 0.3 is 6.09 Å². The highest BCUT2D eigenvalue weighted by molar-refractivity contribution is 5.68. The van der Waals surface area contributed by atoms with Crippen molar-refractivity contribution in [2.24, 2.45) is 5.92 Å². The number of hydrogen-bond acceptors (Lipinski definition) is 3. The van der Waals surface area contributed by atoms with Crippen LogP contribution in [0.5, 0.6) is 5.75 Å². The van der Waals surface area contributed by atoms with Crippen molar-refractivity contribution in [1.82, 2.24) is 5.32 Å². The fourth-order valence-electron chi connectivity index (χ4n) is 1.92. The number of amides is 1. The quantitative estimate of drug-likeness (QED) is 0.896. The van der Waals surface area contributed by atoms with Crippen molar-refractivity contribution >= 4 is 6.09 Å². The van der Waals surface area contributed by atoms with Gasteiger partial charge in [-0.15, -0.1) is 0 Å². The smallest absolute Gasteiger partial charge is 0.407 e. The molecule has 0 radical (unpaired) electrons. The molecule has 1 aliphatic heterocycles. The SMILES string of the molecule is CC(C)COC(=O)NC1CCOc2ccccc21. The van der Waals surface area contributed by atoms with Crippen LogP contribution in [-0.4, -0.2) is 19.3 Å². The van der Waals surface area contributed by atoms with Crippen molar-refractivity contribution in [3.8, 4) is 5.75 Å². The largest absolute Gasteiger partial charge is 0.493 e. The fourth-order valence-corrected chi connectivity index (χ4v) is 1.92. The molecule has 1 amide bonds.